The van der Waals surface area contributed by atoms with Crippen LogP contribution in [0.15, 0.2) is 4.79 Å². The Labute approximate surface area is 193 Å². The molecule has 4 bridgehead atoms. The summed E-state index contributed by atoms with van der Waals surface area (Å²) in [5, 5.41) is 4.15. The quantitative estimate of drug-likeness (QED) is 0.632. The molecule has 172 valence electrons. The van der Waals surface area contributed by atoms with Crippen molar-refractivity contribution in [2.45, 2.75) is 96.4 Å². The maximum absolute atomic E-state index is 12.8. The predicted octanol–water partition coefficient (Wildman–Crippen LogP) is 4.91. The van der Waals surface area contributed by atoms with Gasteiger partial charge in [0.1, 0.15) is 10.7 Å². The second-order valence-electron chi connectivity index (χ2n) is 11.3. The molecule has 4 fully saturated rings. The highest BCUT2D eigenvalue weighted by Crippen LogP contribution is 2.61. The number of carbonyl (C=O) groups is 1. The smallest absolute Gasteiger partial charge is 0.259 e. The molecule has 5 aliphatic rings. The van der Waals surface area contributed by atoms with Crippen molar-refractivity contribution in [3.05, 3.63) is 26.6 Å². The molecule has 0 aliphatic heterocycles. The lowest BCUT2D eigenvalue weighted by Gasteiger charge is -2.59. The van der Waals surface area contributed by atoms with Gasteiger partial charge in [-0.15, -0.1) is 11.3 Å². The molecule has 0 radical (unpaired) electrons. The van der Waals surface area contributed by atoms with E-state index in [0.717, 1.165) is 47.2 Å². The Balaban J connectivity index is 1.12. The molecule has 4 saturated carbocycles. The second kappa shape index (κ2) is 7.96. The van der Waals surface area contributed by atoms with Gasteiger partial charge in [-0.2, -0.15) is 0 Å². The van der Waals surface area contributed by atoms with E-state index in [-0.39, 0.29) is 17.5 Å². The number of aromatic amines is 1. The lowest BCUT2D eigenvalue weighted by molar-refractivity contribution is -0.125. The van der Waals surface area contributed by atoms with Crippen molar-refractivity contribution in [1.29, 1.82) is 0 Å². The molecule has 5 aliphatic carbocycles. The number of rotatable bonds is 5. The maximum atomic E-state index is 12.8. The van der Waals surface area contributed by atoms with Gasteiger partial charge in [-0.05, 0) is 99.9 Å². The molecule has 32 heavy (non-hydrogen) atoms. The van der Waals surface area contributed by atoms with Gasteiger partial charge in [0.15, 0.2) is 0 Å². The summed E-state index contributed by atoms with van der Waals surface area (Å²) in [6, 6.07) is 0.242. The van der Waals surface area contributed by atoms with Crippen LogP contribution >= 0.6 is 11.3 Å². The van der Waals surface area contributed by atoms with Crippen LogP contribution in [0.4, 0.5) is 0 Å². The number of fused-ring (bicyclic) bond motifs is 3. The largest absolute Gasteiger partial charge is 0.353 e. The van der Waals surface area contributed by atoms with Gasteiger partial charge in [-0.3, -0.25) is 9.59 Å². The molecule has 7 rings (SSSR count). The van der Waals surface area contributed by atoms with Crippen molar-refractivity contribution in [2.24, 2.45) is 23.2 Å². The fourth-order valence-electron chi connectivity index (χ4n) is 7.91. The third-order valence-corrected chi connectivity index (χ3v) is 10.3. The summed E-state index contributed by atoms with van der Waals surface area (Å²) in [6.07, 6.45) is 14.7. The van der Waals surface area contributed by atoms with E-state index in [1.807, 2.05) is 0 Å². The molecule has 5 nitrogen and oxygen atoms in total. The van der Waals surface area contributed by atoms with Crippen LogP contribution in [0, 0.1) is 23.2 Å². The van der Waals surface area contributed by atoms with Crippen LogP contribution in [0.3, 0.4) is 0 Å². The summed E-state index contributed by atoms with van der Waals surface area (Å²) >= 11 is 1.69. The molecule has 0 aromatic carbocycles. The van der Waals surface area contributed by atoms with Crippen LogP contribution in [-0.4, -0.2) is 21.9 Å². The summed E-state index contributed by atoms with van der Waals surface area (Å²) in [5.41, 5.74) is 1.53. The Morgan fingerprint density at radius 1 is 1.12 bits per heavy atom. The predicted molar refractivity (Wildman–Crippen MR) is 128 cm³/mol. The molecule has 2 aromatic rings. The minimum absolute atomic E-state index is 0.0215. The third-order valence-electron chi connectivity index (χ3n) is 9.09. The number of H-pyrrole nitrogens is 1. The molecule has 2 heterocycles. The van der Waals surface area contributed by atoms with Crippen LogP contribution in [0.5, 0.6) is 0 Å². The molecule has 1 atom stereocenters. The van der Waals surface area contributed by atoms with Gasteiger partial charge in [0, 0.05) is 23.8 Å². The fourth-order valence-corrected chi connectivity index (χ4v) is 9.19. The van der Waals surface area contributed by atoms with Crippen molar-refractivity contribution < 1.29 is 4.79 Å². The monoisotopic (exact) mass is 453 g/mol. The summed E-state index contributed by atoms with van der Waals surface area (Å²) in [6.45, 7) is 2.23. The van der Waals surface area contributed by atoms with Crippen LogP contribution in [0.1, 0.15) is 87.4 Å². The van der Waals surface area contributed by atoms with E-state index in [9.17, 15) is 9.59 Å². The first-order valence-corrected chi connectivity index (χ1v) is 13.6. The summed E-state index contributed by atoms with van der Waals surface area (Å²) < 4.78 is 0. The van der Waals surface area contributed by atoms with Crippen molar-refractivity contribution in [1.82, 2.24) is 15.3 Å². The Kier molecular flexibility index (Phi) is 5.20. The number of hydrogen-bond donors (Lipinski definition) is 2. The normalized spacial score (nSPS) is 32.0. The first-order valence-electron chi connectivity index (χ1n) is 12.8. The van der Waals surface area contributed by atoms with Gasteiger partial charge in [0.25, 0.3) is 5.56 Å². The first-order chi connectivity index (χ1) is 15.5. The molecule has 6 heteroatoms. The molecule has 2 N–H and O–H groups in total. The van der Waals surface area contributed by atoms with E-state index >= 15 is 0 Å². The molecule has 2 aromatic heterocycles. The number of hydrogen-bond acceptors (Lipinski definition) is 4. The molecular formula is C26H35N3O2S. The number of amides is 1. The van der Waals surface area contributed by atoms with Gasteiger partial charge in [0.05, 0.1) is 5.39 Å². The SMILES string of the molecule is C[C@H](NC(=O)CCc1nc2sc3c(c2c(=O)[nH]1)CCCCC3)C12CC3CC(CC(C3)C1)C2. The molecule has 0 saturated heterocycles. The topological polar surface area (TPSA) is 74.8 Å². The van der Waals surface area contributed by atoms with Crippen LogP contribution in [0.2, 0.25) is 0 Å². The van der Waals surface area contributed by atoms with Gasteiger partial charge < -0.3 is 10.3 Å². The van der Waals surface area contributed by atoms with E-state index in [4.69, 9.17) is 4.98 Å². The minimum atomic E-state index is -0.0215. The zero-order chi connectivity index (χ0) is 21.9. The van der Waals surface area contributed by atoms with Gasteiger partial charge >= 0.3 is 0 Å². The van der Waals surface area contributed by atoms with Crippen molar-refractivity contribution in [3.8, 4) is 0 Å². The van der Waals surface area contributed by atoms with Gasteiger partial charge in [-0.25, -0.2) is 4.98 Å². The van der Waals surface area contributed by atoms with E-state index in [0.29, 0.717) is 24.1 Å². The van der Waals surface area contributed by atoms with Crippen molar-refractivity contribution >= 4 is 27.5 Å². The maximum Gasteiger partial charge on any atom is 0.259 e. The number of nitrogens with one attached hydrogen (secondary N) is 2. The summed E-state index contributed by atoms with van der Waals surface area (Å²) in [4.78, 5) is 35.6. The molecule has 0 unspecified atom stereocenters. The van der Waals surface area contributed by atoms with E-state index in [1.54, 1.807) is 11.3 Å². The van der Waals surface area contributed by atoms with Crippen LogP contribution < -0.4 is 10.9 Å². The standard InChI is InChI=1S/C26H35N3O2S/c1-15(26-12-16-9-17(13-26)11-18(10-16)14-26)27-22(30)8-7-21-28-24(31)23-19-5-3-2-4-6-20(19)32-25(23)29-21/h15-18H,2-14H2,1H3,(H,27,30)(H,28,29,31)/t15-,16?,17?,18?,26?/m0/s1. The highest BCUT2D eigenvalue weighted by molar-refractivity contribution is 7.18. The number of carbonyl (C=O) groups excluding carboxylic acids is 1. The van der Waals surface area contributed by atoms with Crippen molar-refractivity contribution in [2.75, 3.05) is 0 Å². The molecular weight excluding hydrogens is 418 g/mol. The second-order valence-corrected chi connectivity index (χ2v) is 12.4. The van der Waals surface area contributed by atoms with E-state index in [1.165, 1.54) is 61.8 Å². The number of aryl methyl sites for hydroxylation is 3. The first kappa shape index (κ1) is 20.9. The van der Waals surface area contributed by atoms with Gasteiger partial charge in [-0.1, -0.05) is 6.42 Å². The molecule has 0 spiro atoms. The Bertz CT molecular complexity index is 1070. The summed E-state index contributed by atoms with van der Waals surface area (Å²) in [7, 11) is 0. The van der Waals surface area contributed by atoms with Crippen molar-refractivity contribution in [3.63, 3.8) is 0 Å². The Morgan fingerprint density at radius 2 is 1.81 bits per heavy atom. The van der Waals surface area contributed by atoms with Gasteiger partial charge in [0.2, 0.25) is 5.91 Å². The molecule has 1 amide bonds. The minimum Gasteiger partial charge on any atom is -0.353 e. The van der Waals surface area contributed by atoms with E-state index in [2.05, 4.69) is 17.2 Å². The fraction of sp³-hybridized carbons (Fsp3) is 0.731. The van der Waals surface area contributed by atoms with E-state index < -0.39 is 0 Å². The Morgan fingerprint density at radius 3 is 2.53 bits per heavy atom. The summed E-state index contributed by atoms with van der Waals surface area (Å²) in [5.74, 6) is 3.42. The average molecular weight is 454 g/mol. The lowest BCUT2D eigenvalue weighted by atomic mass is 9.48. The number of thiophene rings is 1. The zero-order valence-electron chi connectivity index (χ0n) is 19.2. The highest BCUT2D eigenvalue weighted by Gasteiger charge is 2.53. The highest BCUT2D eigenvalue weighted by atomic mass is 32.1. The zero-order valence-corrected chi connectivity index (χ0v) is 20.0. The lowest BCUT2D eigenvalue weighted by Crippen LogP contribution is -2.55. The Hall–Kier alpha value is -1.69. The van der Waals surface area contributed by atoms with Crippen LogP contribution in [0.25, 0.3) is 10.2 Å². The van der Waals surface area contributed by atoms with Crippen LogP contribution in [-0.2, 0) is 24.1 Å². The average Bonchev–Trinajstić information content (AvgIpc) is 2.93. The number of aromatic nitrogens is 2. The number of nitrogens with zero attached hydrogens (tertiary/aromatic N) is 1. The third kappa shape index (κ3) is 3.63.